The molecule has 1 unspecified atom stereocenters. The molecule has 1 atom stereocenters. The number of carbonyl (C=O) groups is 1. The molecule has 1 aromatic heterocycles. The SMILES string of the molecule is Cc1cc(NC(C)C(=O)N(C)C)ncc1N. The highest BCUT2D eigenvalue weighted by Gasteiger charge is 2.14. The average Bonchev–Trinajstić information content (AvgIpc) is 2.22. The van der Waals surface area contributed by atoms with Gasteiger partial charge >= 0.3 is 0 Å². The van der Waals surface area contributed by atoms with Gasteiger partial charge in [-0.15, -0.1) is 0 Å². The highest BCUT2D eigenvalue weighted by atomic mass is 16.2. The van der Waals surface area contributed by atoms with E-state index < -0.39 is 0 Å². The molecule has 0 aliphatic heterocycles. The molecule has 1 amide bonds. The van der Waals surface area contributed by atoms with Crippen LogP contribution in [0.3, 0.4) is 0 Å². The van der Waals surface area contributed by atoms with E-state index >= 15 is 0 Å². The van der Waals surface area contributed by atoms with Gasteiger partial charge in [-0.25, -0.2) is 4.98 Å². The van der Waals surface area contributed by atoms with Crippen LogP contribution in [0.1, 0.15) is 12.5 Å². The molecule has 1 rings (SSSR count). The minimum atomic E-state index is -0.300. The number of pyridine rings is 1. The Hall–Kier alpha value is -1.78. The first kappa shape index (κ1) is 12.3. The molecule has 0 fully saturated rings. The molecule has 0 saturated carbocycles. The molecule has 88 valence electrons. The molecule has 1 aromatic rings. The van der Waals surface area contributed by atoms with Crippen LogP contribution in [0.15, 0.2) is 12.3 Å². The number of nitrogen functional groups attached to an aromatic ring is 1. The quantitative estimate of drug-likeness (QED) is 0.795. The minimum absolute atomic E-state index is 0.0104. The monoisotopic (exact) mass is 222 g/mol. The largest absolute Gasteiger partial charge is 0.397 e. The molecule has 16 heavy (non-hydrogen) atoms. The maximum Gasteiger partial charge on any atom is 0.244 e. The number of nitrogens with zero attached hydrogens (tertiary/aromatic N) is 2. The van der Waals surface area contributed by atoms with Crippen LogP contribution in [0.25, 0.3) is 0 Å². The van der Waals surface area contributed by atoms with Crippen LogP contribution in [0.4, 0.5) is 11.5 Å². The third-order valence-corrected chi connectivity index (χ3v) is 2.33. The predicted octanol–water partition coefficient (Wildman–Crippen LogP) is 0.861. The van der Waals surface area contributed by atoms with Crippen molar-refractivity contribution < 1.29 is 4.79 Å². The number of hydrogen-bond acceptors (Lipinski definition) is 4. The van der Waals surface area contributed by atoms with Crippen molar-refractivity contribution >= 4 is 17.4 Å². The molecule has 5 nitrogen and oxygen atoms in total. The number of hydrogen-bond donors (Lipinski definition) is 2. The number of likely N-dealkylation sites (N-methyl/N-ethyl adjacent to an activating group) is 1. The van der Waals surface area contributed by atoms with Crippen molar-refractivity contribution in [3.63, 3.8) is 0 Å². The number of nitrogens with two attached hydrogens (primary N) is 1. The second-order valence-electron chi connectivity index (χ2n) is 4.02. The molecule has 0 aliphatic carbocycles. The normalized spacial score (nSPS) is 12.0. The first-order valence-corrected chi connectivity index (χ1v) is 5.11. The molecular formula is C11H18N4O. The highest BCUT2D eigenvalue weighted by molar-refractivity contribution is 5.83. The van der Waals surface area contributed by atoms with E-state index in [2.05, 4.69) is 10.3 Å². The molecule has 0 aromatic carbocycles. The third kappa shape index (κ3) is 2.85. The Labute approximate surface area is 95.7 Å². The number of aromatic nitrogens is 1. The Bertz CT molecular complexity index is 390. The average molecular weight is 222 g/mol. The number of rotatable bonds is 3. The summed E-state index contributed by atoms with van der Waals surface area (Å²) < 4.78 is 0. The lowest BCUT2D eigenvalue weighted by atomic mass is 10.2. The van der Waals surface area contributed by atoms with Gasteiger partial charge in [-0.05, 0) is 25.5 Å². The van der Waals surface area contributed by atoms with Crippen molar-refractivity contribution in [1.29, 1.82) is 0 Å². The first-order chi connectivity index (χ1) is 7.41. The lowest BCUT2D eigenvalue weighted by Gasteiger charge is -2.18. The van der Waals surface area contributed by atoms with Crippen molar-refractivity contribution in [3.8, 4) is 0 Å². The summed E-state index contributed by atoms with van der Waals surface area (Å²) in [4.78, 5) is 17.3. The maximum absolute atomic E-state index is 11.6. The van der Waals surface area contributed by atoms with Crippen molar-refractivity contribution in [2.45, 2.75) is 19.9 Å². The Morgan fingerprint density at radius 2 is 2.19 bits per heavy atom. The van der Waals surface area contributed by atoms with Crippen molar-refractivity contribution in [2.24, 2.45) is 0 Å². The molecule has 5 heteroatoms. The van der Waals surface area contributed by atoms with Crippen LogP contribution in [0.2, 0.25) is 0 Å². The van der Waals surface area contributed by atoms with E-state index in [1.807, 2.05) is 13.0 Å². The van der Waals surface area contributed by atoms with Gasteiger partial charge in [0.2, 0.25) is 5.91 Å². The molecule has 3 N–H and O–H groups in total. The van der Waals surface area contributed by atoms with E-state index in [4.69, 9.17) is 5.73 Å². The summed E-state index contributed by atoms with van der Waals surface area (Å²) in [6.45, 7) is 3.70. The van der Waals surface area contributed by atoms with Crippen LogP contribution in [-0.2, 0) is 4.79 Å². The Morgan fingerprint density at radius 1 is 1.56 bits per heavy atom. The molecule has 0 spiro atoms. The number of nitrogens with one attached hydrogen (secondary N) is 1. The summed E-state index contributed by atoms with van der Waals surface area (Å²) in [5.41, 5.74) is 7.26. The van der Waals surface area contributed by atoms with Crippen LogP contribution in [-0.4, -0.2) is 35.9 Å². The zero-order valence-electron chi connectivity index (χ0n) is 10.1. The van der Waals surface area contributed by atoms with Crippen molar-refractivity contribution in [2.75, 3.05) is 25.1 Å². The summed E-state index contributed by atoms with van der Waals surface area (Å²) in [6.07, 6.45) is 1.59. The standard InChI is InChI=1S/C11H18N4O/c1-7-5-10(13-6-9(7)12)14-8(2)11(16)15(3)4/h5-6,8H,12H2,1-4H3,(H,13,14). The van der Waals surface area contributed by atoms with Gasteiger partial charge in [0.15, 0.2) is 0 Å². The van der Waals surface area contributed by atoms with Gasteiger partial charge in [-0.3, -0.25) is 4.79 Å². The Balaban J connectivity index is 2.73. The lowest BCUT2D eigenvalue weighted by molar-refractivity contribution is -0.129. The summed E-state index contributed by atoms with van der Waals surface area (Å²) >= 11 is 0. The van der Waals surface area contributed by atoms with Crippen LogP contribution in [0, 0.1) is 6.92 Å². The van der Waals surface area contributed by atoms with E-state index in [0.29, 0.717) is 11.5 Å². The summed E-state index contributed by atoms with van der Waals surface area (Å²) in [6, 6.07) is 1.53. The smallest absolute Gasteiger partial charge is 0.244 e. The van der Waals surface area contributed by atoms with Crippen LogP contribution < -0.4 is 11.1 Å². The van der Waals surface area contributed by atoms with E-state index in [1.165, 1.54) is 0 Å². The van der Waals surface area contributed by atoms with Gasteiger partial charge < -0.3 is 16.0 Å². The molecule has 0 radical (unpaired) electrons. The number of aryl methyl sites for hydroxylation is 1. The molecule has 1 heterocycles. The minimum Gasteiger partial charge on any atom is -0.397 e. The maximum atomic E-state index is 11.6. The molecular weight excluding hydrogens is 204 g/mol. The lowest BCUT2D eigenvalue weighted by Crippen LogP contribution is -2.36. The Kier molecular flexibility index (Phi) is 3.71. The molecule has 0 saturated heterocycles. The second-order valence-corrected chi connectivity index (χ2v) is 4.02. The first-order valence-electron chi connectivity index (χ1n) is 5.11. The van der Waals surface area contributed by atoms with Crippen molar-refractivity contribution in [3.05, 3.63) is 17.8 Å². The zero-order valence-corrected chi connectivity index (χ0v) is 10.1. The van der Waals surface area contributed by atoms with E-state index in [-0.39, 0.29) is 11.9 Å². The predicted molar refractivity (Wildman–Crippen MR) is 65.2 cm³/mol. The second kappa shape index (κ2) is 4.83. The van der Waals surface area contributed by atoms with Gasteiger partial charge in [0.25, 0.3) is 0 Å². The third-order valence-electron chi connectivity index (χ3n) is 2.33. The Morgan fingerprint density at radius 3 is 2.69 bits per heavy atom. The zero-order chi connectivity index (χ0) is 12.3. The highest BCUT2D eigenvalue weighted by Crippen LogP contribution is 2.13. The van der Waals surface area contributed by atoms with E-state index in [1.54, 1.807) is 32.1 Å². The van der Waals surface area contributed by atoms with E-state index in [9.17, 15) is 4.79 Å². The van der Waals surface area contributed by atoms with Gasteiger partial charge in [0.1, 0.15) is 11.9 Å². The van der Waals surface area contributed by atoms with Gasteiger partial charge in [-0.1, -0.05) is 0 Å². The van der Waals surface area contributed by atoms with Crippen molar-refractivity contribution in [1.82, 2.24) is 9.88 Å². The number of anilines is 2. The van der Waals surface area contributed by atoms with Crippen LogP contribution >= 0.6 is 0 Å². The fraction of sp³-hybridized carbons (Fsp3) is 0.455. The summed E-state index contributed by atoms with van der Waals surface area (Å²) in [5, 5.41) is 3.03. The van der Waals surface area contributed by atoms with Gasteiger partial charge in [0, 0.05) is 14.1 Å². The van der Waals surface area contributed by atoms with Gasteiger partial charge in [0.05, 0.1) is 11.9 Å². The summed E-state index contributed by atoms with van der Waals surface area (Å²) in [7, 11) is 3.45. The number of amides is 1. The summed E-state index contributed by atoms with van der Waals surface area (Å²) in [5.74, 6) is 0.672. The topological polar surface area (TPSA) is 71.2 Å². The fourth-order valence-electron chi connectivity index (χ4n) is 1.32. The molecule has 0 bridgehead atoms. The van der Waals surface area contributed by atoms with Crippen LogP contribution in [0.5, 0.6) is 0 Å². The number of carbonyl (C=O) groups excluding carboxylic acids is 1. The van der Waals surface area contributed by atoms with E-state index in [0.717, 1.165) is 5.56 Å². The fourth-order valence-corrected chi connectivity index (χ4v) is 1.32. The molecule has 0 aliphatic rings. The van der Waals surface area contributed by atoms with Gasteiger partial charge in [-0.2, -0.15) is 0 Å².